The topological polar surface area (TPSA) is 127 Å². The zero-order chi connectivity index (χ0) is 20.7. The van der Waals surface area contributed by atoms with Crippen molar-refractivity contribution in [1.29, 1.82) is 0 Å². The van der Waals surface area contributed by atoms with Gasteiger partial charge in [-0.2, -0.15) is 4.98 Å². The van der Waals surface area contributed by atoms with Crippen LogP contribution in [0.4, 0.5) is 5.95 Å². The summed E-state index contributed by atoms with van der Waals surface area (Å²) in [6.45, 7) is 4.98. The summed E-state index contributed by atoms with van der Waals surface area (Å²) in [5, 5.41) is 0.236. The average Bonchev–Trinajstić information content (AvgIpc) is 2.69. The Labute approximate surface area is 166 Å². The Balaban J connectivity index is 1.74. The first kappa shape index (κ1) is 18.9. The number of rotatable bonds is 3. The molecule has 3 N–H and O–H groups in total. The van der Waals surface area contributed by atoms with Gasteiger partial charge in [0.25, 0.3) is 5.56 Å². The van der Waals surface area contributed by atoms with Gasteiger partial charge in [-0.15, -0.1) is 0 Å². The fourth-order valence-corrected chi connectivity index (χ4v) is 3.79. The zero-order valence-corrected chi connectivity index (χ0v) is 16.3. The molecular weight excluding hydrogens is 372 g/mol. The van der Waals surface area contributed by atoms with Crippen molar-refractivity contribution >= 4 is 22.9 Å². The molecule has 3 heterocycles. The maximum atomic E-state index is 13.0. The summed E-state index contributed by atoms with van der Waals surface area (Å²) in [4.78, 5) is 50.3. The summed E-state index contributed by atoms with van der Waals surface area (Å²) in [7, 11) is 0. The van der Waals surface area contributed by atoms with E-state index in [0.29, 0.717) is 37.6 Å². The van der Waals surface area contributed by atoms with Crippen LogP contribution in [0.25, 0.3) is 16.7 Å². The first-order valence-electron chi connectivity index (χ1n) is 9.49. The molecule has 1 aliphatic rings. The summed E-state index contributed by atoms with van der Waals surface area (Å²) in [5.74, 6) is -0.0171. The van der Waals surface area contributed by atoms with Crippen molar-refractivity contribution in [1.82, 2.24) is 19.5 Å². The van der Waals surface area contributed by atoms with Crippen LogP contribution < -0.4 is 21.9 Å². The summed E-state index contributed by atoms with van der Waals surface area (Å²) >= 11 is 0. The number of anilines is 1. The molecule has 0 radical (unpaired) electrons. The Morgan fingerprint density at radius 1 is 1.21 bits per heavy atom. The summed E-state index contributed by atoms with van der Waals surface area (Å²) in [5.41, 5.74) is 6.96. The second-order valence-corrected chi connectivity index (χ2v) is 7.46. The number of aromatic amines is 1. The molecule has 150 valence electrons. The highest BCUT2D eigenvalue weighted by Crippen LogP contribution is 2.21. The minimum absolute atomic E-state index is 0.142. The number of piperidine rings is 1. The number of hydrogen-bond donors (Lipinski definition) is 2. The Kier molecular flexibility index (Phi) is 4.65. The maximum absolute atomic E-state index is 13.0. The molecule has 9 nitrogen and oxygen atoms in total. The van der Waals surface area contributed by atoms with Crippen LogP contribution in [-0.4, -0.2) is 38.5 Å². The van der Waals surface area contributed by atoms with Crippen LogP contribution in [0.15, 0.2) is 34.0 Å². The first-order chi connectivity index (χ1) is 13.8. The zero-order valence-electron chi connectivity index (χ0n) is 16.3. The predicted octanol–water partition coefficient (Wildman–Crippen LogP) is 0.788. The van der Waals surface area contributed by atoms with Crippen molar-refractivity contribution < 1.29 is 4.79 Å². The standard InChI is InChI=1S/C20H22N6O3/c1-11-3-4-15(12(2)9-11)26-18(28)14-10-22-19(23-17(14)24-20(26)29)25-7-5-13(6-8-25)16(21)27/h3-4,9-10,13H,5-8H2,1-2H3,(H2,21,27)(H,22,23,24,29). The van der Waals surface area contributed by atoms with Crippen molar-refractivity contribution in [2.45, 2.75) is 26.7 Å². The Bertz CT molecular complexity index is 1220. The van der Waals surface area contributed by atoms with E-state index in [1.54, 1.807) is 6.07 Å². The highest BCUT2D eigenvalue weighted by Gasteiger charge is 2.25. The monoisotopic (exact) mass is 394 g/mol. The van der Waals surface area contributed by atoms with E-state index in [9.17, 15) is 14.4 Å². The first-order valence-corrected chi connectivity index (χ1v) is 9.49. The molecule has 1 aliphatic heterocycles. The molecule has 29 heavy (non-hydrogen) atoms. The number of primary amides is 1. The van der Waals surface area contributed by atoms with Crippen LogP contribution in [0.3, 0.4) is 0 Å². The summed E-state index contributed by atoms with van der Waals surface area (Å²) < 4.78 is 1.11. The van der Waals surface area contributed by atoms with E-state index in [2.05, 4.69) is 15.0 Å². The number of aryl methyl sites for hydroxylation is 2. The van der Waals surface area contributed by atoms with Gasteiger partial charge < -0.3 is 10.6 Å². The van der Waals surface area contributed by atoms with Crippen LogP contribution in [0.1, 0.15) is 24.0 Å². The summed E-state index contributed by atoms with van der Waals surface area (Å²) in [6, 6.07) is 5.53. The van der Waals surface area contributed by atoms with Gasteiger partial charge in [0.15, 0.2) is 5.65 Å². The SMILES string of the molecule is Cc1ccc(-n2c(=O)[nH]c3nc(N4CCC(C(N)=O)CC4)ncc3c2=O)c(C)c1. The molecule has 0 spiro atoms. The maximum Gasteiger partial charge on any atom is 0.334 e. The number of aromatic nitrogens is 4. The van der Waals surface area contributed by atoms with Gasteiger partial charge in [0, 0.05) is 25.2 Å². The van der Waals surface area contributed by atoms with E-state index in [-0.39, 0.29) is 22.9 Å². The molecule has 0 unspecified atom stereocenters. The molecule has 3 aromatic rings. The lowest BCUT2D eigenvalue weighted by molar-refractivity contribution is -0.122. The quantitative estimate of drug-likeness (QED) is 0.676. The molecular formula is C20H22N6O3. The van der Waals surface area contributed by atoms with Crippen molar-refractivity contribution in [3.8, 4) is 5.69 Å². The van der Waals surface area contributed by atoms with E-state index in [4.69, 9.17) is 5.73 Å². The molecule has 1 fully saturated rings. The lowest BCUT2D eigenvalue weighted by atomic mass is 9.96. The van der Waals surface area contributed by atoms with Crippen molar-refractivity contribution in [3.05, 3.63) is 56.4 Å². The second-order valence-electron chi connectivity index (χ2n) is 7.46. The van der Waals surface area contributed by atoms with Gasteiger partial charge in [-0.1, -0.05) is 17.7 Å². The van der Waals surface area contributed by atoms with Gasteiger partial charge >= 0.3 is 5.69 Å². The third-order valence-corrected chi connectivity index (χ3v) is 5.41. The van der Waals surface area contributed by atoms with Gasteiger partial charge in [0.2, 0.25) is 11.9 Å². The smallest absolute Gasteiger partial charge is 0.334 e. The average molecular weight is 394 g/mol. The number of nitrogens with two attached hydrogens (primary N) is 1. The number of carbonyl (C=O) groups excluding carboxylic acids is 1. The van der Waals surface area contributed by atoms with E-state index in [1.807, 2.05) is 30.9 Å². The number of H-pyrrole nitrogens is 1. The molecule has 2 aromatic heterocycles. The Hall–Kier alpha value is -3.49. The van der Waals surface area contributed by atoms with Gasteiger partial charge in [-0.05, 0) is 38.3 Å². The highest BCUT2D eigenvalue weighted by atomic mass is 16.2. The van der Waals surface area contributed by atoms with Crippen LogP contribution in [-0.2, 0) is 4.79 Å². The van der Waals surface area contributed by atoms with Gasteiger partial charge in [-0.25, -0.2) is 14.3 Å². The highest BCUT2D eigenvalue weighted by molar-refractivity contribution is 5.77. The molecule has 0 aliphatic carbocycles. The van der Waals surface area contributed by atoms with Crippen LogP contribution in [0.5, 0.6) is 0 Å². The molecule has 1 saturated heterocycles. The predicted molar refractivity (Wildman–Crippen MR) is 109 cm³/mol. The van der Waals surface area contributed by atoms with Crippen molar-refractivity contribution in [2.24, 2.45) is 11.7 Å². The van der Waals surface area contributed by atoms with Gasteiger partial charge in [0.1, 0.15) is 5.39 Å². The number of amides is 1. The molecule has 0 saturated carbocycles. The normalized spacial score (nSPS) is 15.0. The van der Waals surface area contributed by atoms with Crippen molar-refractivity contribution in [2.75, 3.05) is 18.0 Å². The number of carbonyl (C=O) groups is 1. The molecule has 0 atom stereocenters. The Morgan fingerprint density at radius 3 is 2.59 bits per heavy atom. The largest absolute Gasteiger partial charge is 0.369 e. The van der Waals surface area contributed by atoms with Gasteiger partial charge in [-0.3, -0.25) is 14.6 Å². The number of nitrogens with zero attached hydrogens (tertiary/aromatic N) is 4. The number of fused-ring (bicyclic) bond motifs is 1. The van der Waals surface area contributed by atoms with E-state index in [0.717, 1.165) is 15.7 Å². The third kappa shape index (κ3) is 3.39. The minimum atomic E-state index is -0.550. The van der Waals surface area contributed by atoms with Crippen LogP contribution in [0, 0.1) is 19.8 Å². The molecule has 1 amide bonds. The molecule has 1 aromatic carbocycles. The number of nitrogens with one attached hydrogen (secondary N) is 1. The van der Waals surface area contributed by atoms with E-state index in [1.165, 1.54) is 6.20 Å². The number of hydrogen-bond acceptors (Lipinski definition) is 6. The summed E-state index contributed by atoms with van der Waals surface area (Å²) in [6.07, 6.45) is 2.69. The minimum Gasteiger partial charge on any atom is -0.369 e. The molecule has 4 rings (SSSR count). The third-order valence-electron chi connectivity index (χ3n) is 5.41. The van der Waals surface area contributed by atoms with Crippen molar-refractivity contribution in [3.63, 3.8) is 0 Å². The molecule has 9 heteroatoms. The fraction of sp³-hybridized carbons (Fsp3) is 0.350. The van der Waals surface area contributed by atoms with Crippen LogP contribution in [0.2, 0.25) is 0 Å². The van der Waals surface area contributed by atoms with Gasteiger partial charge in [0.05, 0.1) is 5.69 Å². The van der Waals surface area contributed by atoms with E-state index < -0.39 is 11.2 Å². The van der Waals surface area contributed by atoms with E-state index >= 15 is 0 Å². The molecule has 0 bridgehead atoms. The van der Waals surface area contributed by atoms with Crippen LogP contribution >= 0.6 is 0 Å². The lowest BCUT2D eigenvalue weighted by Crippen LogP contribution is -2.39. The Morgan fingerprint density at radius 2 is 1.93 bits per heavy atom. The lowest BCUT2D eigenvalue weighted by Gasteiger charge is -2.30. The second kappa shape index (κ2) is 7.16. The number of benzene rings is 1. The fourth-order valence-electron chi connectivity index (χ4n) is 3.79.